The molecule has 6 heteroatoms. The Balaban J connectivity index is 0.00000182. The molecule has 2 aromatic rings. The van der Waals surface area contributed by atoms with E-state index in [1.807, 2.05) is 35.0 Å². The minimum Gasteiger partial charge on any atom is -0.346 e. The lowest BCUT2D eigenvalue weighted by molar-refractivity contribution is 0.0915. The zero-order valence-corrected chi connectivity index (χ0v) is 15.1. The molecule has 0 spiro atoms. The number of carbonyl (C=O) groups is 1. The smallest absolute Gasteiger partial charge is 0.272 e. The molecule has 0 radical (unpaired) electrons. The summed E-state index contributed by atoms with van der Waals surface area (Å²) in [6, 6.07) is 10.2. The SMILES string of the molecule is Cl.N[C@@H]1CCCC[C@H]1NC(=O)c1nn(-c2ccccc2)c2c1CCC2. The summed E-state index contributed by atoms with van der Waals surface area (Å²) in [5.74, 6) is -0.0646. The number of nitrogens with one attached hydrogen (secondary N) is 1. The van der Waals surface area contributed by atoms with Crippen molar-refractivity contribution < 1.29 is 4.79 Å². The molecule has 3 N–H and O–H groups in total. The van der Waals surface area contributed by atoms with Gasteiger partial charge in [0.05, 0.1) is 5.69 Å². The molecule has 1 amide bonds. The normalized spacial score (nSPS) is 22.1. The van der Waals surface area contributed by atoms with Crippen LogP contribution in [0.1, 0.15) is 53.8 Å². The number of hydrogen-bond acceptors (Lipinski definition) is 3. The third kappa shape index (κ3) is 3.44. The number of hydrogen-bond donors (Lipinski definition) is 2. The first-order chi connectivity index (χ1) is 11.7. The van der Waals surface area contributed by atoms with Crippen molar-refractivity contribution in [2.75, 3.05) is 0 Å². The number of amides is 1. The van der Waals surface area contributed by atoms with E-state index in [0.29, 0.717) is 5.69 Å². The maximum absolute atomic E-state index is 12.8. The molecule has 1 saturated carbocycles. The van der Waals surface area contributed by atoms with Crippen molar-refractivity contribution in [3.63, 3.8) is 0 Å². The van der Waals surface area contributed by atoms with Crippen molar-refractivity contribution in [3.8, 4) is 5.69 Å². The molecule has 1 heterocycles. The van der Waals surface area contributed by atoms with Crippen LogP contribution in [0, 0.1) is 0 Å². The number of carbonyl (C=O) groups excluding carboxylic acids is 1. The van der Waals surface area contributed by atoms with Crippen LogP contribution in [0.4, 0.5) is 0 Å². The quantitative estimate of drug-likeness (QED) is 0.883. The van der Waals surface area contributed by atoms with E-state index >= 15 is 0 Å². The maximum atomic E-state index is 12.8. The van der Waals surface area contributed by atoms with Crippen LogP contribution in [0.5, 0.6) is 0 Å². The monoisotopic (exact) mass is 360 g/mol. The summed E-state index contributed by atoms with van der Waals surface area (Å²) in [4.78, 5) is 12.8. The van der Waals surface area contributed by atoms with Crippen LogP contribution < -0.4 is 11.1 Å². The van der Waals surface area contributed by atoms with E-state index in [1.165, 1.54) is 5.69 Å². The summed E-state index contributed by atoms with van der Waals surface area (Å²) in [7, 11) is 0. The Hall–Kier alpha value is -1.85. The number of nitrogens with two attached hydrogens (primary N) is 1. The lowest BCUT2D eigenvalue weighted by Gasteiger charge is -2.29. The molecular weight excluding hydrogens is 336 g/mol. The van der Waals surface area contributed by atoms with Gasteiger partial charge in [-0.15, -0.1) is 12.4 Å². The number of aromatic nitrogens is 2. The standard InChI is InChI=1S/C19H24N4O.ClH/c20-15-10-4-5-11-16(15)21-19(24)18-14-9-6-12-17(14)23(22-18)13-7-2-1-3-8-13;/h1-3,7-8,15-16H,4-6,9-12,20H2,(H,21,24);1H/t15-,16-;/m1./s1. The first-order valence-electron chi connectivity index (χ1n) is 8.96. The molecule has 1 aromatic carbocycles. The van der Waals surface area contributed by atoms with Crippen molar-refractivity contribution in [1.82, 2.24) is 15.1 Å². The second kappa shape index (κ2) is 7.58. The maximum Gasteiger partial charge on any atom is 0.272 e. The second-order valence-electron chi connectivity index (χ2n) is 6.90. The van der Waals surface area contributed by atoms with Crippen molar-refractivity contribution in [1.29, 1.82) is 0 Å². The second-order valence-corrected chi connectivity index (χ2v) is 6.90. The Bertz CT molecular complexity index is 743. The van der Waals surface area contributed by atoms with Crippen LogP contribution >= 0.6 is 12.4 Å². The zero-order chi connectivity index (χ0) is 16.5. The van der Waals surface area contributed by atoms with Crippen LogP contribution in [0.25, 0.3) is 5.69 Å². The van der Waals surface area contributed by atoms with Gasteiger partial charge in [-0.2, -0.15) is 5.10 Å². The van der Waals surface area contributed by atoms with Crippen LogP contribution in [-0.4, -0.2) is 27.8 Å². The third-order valence-corrected chi connectivity index (χ3v) is 5.28. The number of para-hydroxylation sites is 1. The topological polar surface area (TPSA) is 72.9 Å². The van der Waals surface area contributed by atoms with Gasteiger partial charge in [0.25, 0.3) is 5.91 Å². The molecule has 0 aliphatic heterocycles. The van der Waals surface area contributed by atoms with E-state index < -0.39 is 0 Å². The molecule has 0 unspecified atom stereocenters. The number of benzene rings is 1. The molecule has 5 nitrogen and oxygen atoms in total. The van der Waals surface area contributed by atoms with E-state index in [4.69, 9.17) is 5.73 Å². The van der Waals surface area contributed by atoms with Crippen LogP contribution in [0.2, 0.25) is 0 Å². The minimum atomic E-state index is -0.0646. The zero-order valence-electron chi connectivity index (χ0n) is 14.3. The van der Waals surface area contributed by atoms with Crippen LogP contribution in [0.15, 0.2) is 30.3 Å². The molecule has 2 aliphatic rings. The van der Waals surface area contributed by atoms with Crippen molar-refractivity contribution in [2.24, 2.45) is 5.73 Å². The summed E-state index contributed by atoms with van der Waals surface area (Å²) < 4.78 is 1.94. The summed E-state index contributed by atoms with van der Waals surface area (Å²) in [6.07, 6.45) is 7.25. The largest absolute Gasteiger partial charge is 0.346 e. The summed E-state index contributed by atoms with van der Waals surface area (Å²) in [6.45, 7) is 0. The highest BCUT2D eigenvalue weighted by molar-refractivity contribution is 5.94. The van der Waals surface area contributed by atoms with Crippen LogP contribution in [-0.2, 0) is 12.8 Å². The molecule has 2 atom stereocenters. The Morgan fingerprint density at radius 1 is 1.12 bits per heavy atom. The Kier molecular flexibility index (Phi) is 5.45. The summed E-state index contributed by atoms with van der Waals surface area (Å²) in [5.41, 5.74) is 10.1. The highest BCUT2D eigenvalue weighted by Gasteiger charge is 2.30. The molecule has 1 aromatic heterocycles. The predicted molar refractivity (Wildman–Crippen MR) is 101 cm³/mol. The Morgan fingerprint density at radius 2 is 1.88 bits per heavy atom. The van der Waals surface area contributed by atoms with Gasteiger partial charge in [0.1, 0.15) is 0 Å². The number of halogens is 1. The lowest BCUT2D eigenvalue weighted by atomic mass is 9.91. The number of rotatable bonds is 3. The highest BCUT2D eigenvalue weighted by Crippen LogP contribution is 2.28. The fourth-order valence-electron chi connectivity index (χ4n) is 3.98. The van der Waals surface area contributed by atoms with Gasteiger partial charge in [-0.1, -0.05) is 31.0 Å². The van der Waals surface area contributed by atoms with Gasteiger partial charge in [-0.05, 0) is 44.2 Å². The highest BCUT2D eigenvalue weighted by atomic mass is 35.5. The molecule has 134 valence electrons. The first-order valence-corrected chi connectivity index (χ1v) is 8.96. The van der Waals surface area contributed by atoms with E-state index in [9.17, 15) is 4.79 Å². The van der Waals surface area contributed by atoms with Crippen LogP contribution in [0.3, 0.4) is 0 Å². The van der Waals surface area contributed by atoms with E-state index in [1.54, 1.807) is 0 Å². The summed E-state index contributed by atoms with van der Waals surface area (Å²) >= 11 is 0. The number of nitrogens with zero attached hydrogens (tertiary/aromatic N) is 2. The molecular formula is C19H25ClN4O. The molecule has 2 aliphatic carbocycles. The Labute approximate surface area is 154 Å². The van der Waals surface area contributed by atoms with Gasteiger partial charge < -0.3 is 11.1 Å². The Morgan fingerprint density at radius 3 is 2.64 bits per heavy atom. The van der Waals surface area contributed by atoms with Gasteiger partial charge in [0, 0.05) is 23.3 Å². The molecule has 25 heavy (non-hydrogen) atoms. The molecule has 0 saturated heterocycles. The van der Waals surface area contributed by atoms with E-state index in [-0.39, 0.29) is 30.4 Å². The fraction of sp³-hybridized carbons (Fsp3) is 0.474. The fourth-order valence-corrected chi connectivity index (χ4v) is 3.98. The third-order valence-electron chi connectivity index (χ3n) is 5.28. The first kappa shape index (κ1) is 18.0. The van der Waals surface area contributed by atoms with Crippen molar-refractivity contribution >= 4 is 18.3 Å². The molecule has 4 rings (SSSR count). The van der Waals surface area contributed by atoms with E-state index in [0.717, 1.165) is 56.2 Å². The lowest BCUT2D eigenvalue weighted by Crippen LogP contribution is -2.49. The summed E-state index contributed by atoms with van der Waals surface area (Å²) in [5, 5.41) is 7.80. The minimum absolute atomic E-state index is 0. The van der Waals surface area contributed by atoms with Gasteiger partial charge >= 0.3 is 0 Å². The number of fused-ring (bicyclic) bond motifs is 1. The van der Waals surface area contributed by atoms with E-state index in [2.05, 4.69) is 10.4 Å². The average molecular weight is 361 g/mol. The average Bonchev–Trinajstić information content (AvgIpc) is 3.20. The van der Waals surface area contributed by atoms with Gasteiger partial charge in [-0.25, -0.2) is 4.68 Å². The molecule has 1 fully saturated rings. The van der Waals surface area contributed by atoms with Crippen molar-refractivity contribution in [3.05, 3.63) is 47.3 Å². The van der Waals surface area contributed by atoms with Crippen molar-refractivity contribution in [2.45, 2.75) is 57.0 Å². The molecule has 0 bridgehead atoms. The van der Waals surface area contributed by atoms with Gasteiger partial charge in [0.15, 0.2) is 5.69 Å². The van der Waals surface area contributed by atoms with Gasteiger partial charge in [-0.3, -0.25) is 4.79 Å². The predicted octanol–water partition coefficient (Wildman–Crippen LogP) is 2.78. The van der Waals surface area contributed by atoms with Gasteiger partial charge in [0.2, 0.25) is 0 Å².